The maximum Gasteiger partial charge on any atom is 0.297 e. The van der Waals surface area contributed by atoms with Crippen LogP contribution in [0.3, 0.4) is 0 Å². The minimum atomic E-state index is -3.10. The SMILES string of the molecule is CCCNCc1coc(N2CCN(S(C)(=O)=O)CC2)n1. The Bertz CT molecular complexity index is 521. The van der Waals surface area contributed by atoms with Gasteiger partial charge < -0.3 is 14.6 Å². The number of oxazole rings is 1. The molecule has 0 saturated carbocycles. The van der Waals surface area contributed by atoms with Crippen molar-refractivity contribution >= 4 is 16.0 Å². The third-order valence-electron chi connectivity index (χ3n) is 3.25. The number of nitrogens with zero attached hydrogens (tertiary/aromatic N) is 3. The molecule has 1 aromatic heterocycles. The molecule has 1 aromatic rings. The van der Waals surface area contributed by atoms with E-state index in [-0.39, 0.29) is 0 Å². The summed E-state index contributed by atoms with van der Waals surface area (Å²) in [5.74, 6) is 0. The molecule has 7 nitrogen and oxygen atoms in total. The third kappa shape index (κ3) is 3.94. The van der Waals surface area contributed by atoms with Crippen molar-refractivity contribution < 1.29 is 12.8 Å². The average molecular weight is 302 g/mol. The van der Waals surface area contributed by atoms with Gasteiger partial charge in [0.25, 0.3) is 6.01 Å². The molecular formula is C12H22N4O3S. The van der Waals surface area contributed by atoms with E-state index in [0.29, 0.717) is 38.7 Å². The average Bonchev–Trinajstić information content (AvgIpc) is 2.87. The minimum absolute atomic E-state index is 0.477. The zero-order valence-electron chi connectivity index (χ0n) is 12.0. The molecule has 0 bridgehead atoms. The second-order valence-corrected chi connectivity index (χ2v) is 6.93. The topological polar surface area (TPSA) is 78.7 Å². The summed E-state index contributed by atoms with van der Waals surface area (Å²) in [6.45, 7) is 5.93. The number of aromatic nitrogens is 1. The Morgan fingerprint density at radius 1 is 1.35 bits per heavy atom. The maximum absolute atomic E-state index is 11.4. The third-order valence-corrected chi connectivity index (χ3v) is 4.55. The van der Waals surface area contributed by atoms with Crippen molar-refractivity contribution in [1.82, 2.24) is 14.6 Å². The molecule has 0 radical (unpaired) electrons. The highest BCUT2D eigenvalue weighted by Gasteiger charge is 2.25. The van der Waals surface area contributed by atoms with Crippen molar-refractivity contribution in [1.29, 1.82) is 0 Å². The van der Waals surface area contributed by atoms with Crippen LogP contribution in [0, 0.1) is 0 Å². The molecule has 0 aromatic carbocycles. The van der Waals surface area contributed by atoms with E-state index in [4.69, 9.17) is 4.42 Å². The standard InChI is InChI=1S/C12H22N4O3S/c1-3-4-13-9-11-10-19-12(14-11)15-5-7-16(8-6-15)20(2,17)18/h10,13H,3-9H2,1-2H3. The van der Waals surface area contributed by atoms with E-state index in [1.54, 1.807) is 6.26 Å². The molecule has 0 spiro atoms. The molecule has 1 aliphatic heterocycles. The zero-order valence-corrected chi connectivity index (χ0v) is 12.8. The number of hydrogen-bond acceptors (Lipinski definition) is 6. The van der Waals surface area contributed by atoms with Gasteiger partial charge in [0.05, 0.1) is 11.9 Å². The number of piperazine rings is 1. The molecule has 1 saturated heterocycles. The Morgan fingerprint density at radius 3 is 2.65 bits per heavy atom. The van der Waals surface area contributed by atoms with E-state index in [0.717, 1.165) is 18.7 Å². The Balaban J connectivity index is 1.87. The molecule has 0 atom stereocenters. The Kier molecular flexibility index (Phi) is 5.00. The van der Waals surface area contributed by atoms with Crippen molar-refractivity contribution in [2.24, 2.45) is 0 Å². The minimum Gasteiger partial charge on any atom is -0.432 e. The normalized spacial score (nSPS) is 17.6. The van der Waals surface area contributed by atoms with Gasteiger partial charge in [-0.15, -0.1) is 0 Å². The van der Waals surface area contributed by atoms with Crippen LogP contribution in [0.1, 0.15) is 19.0 Å². The predicted molar refractivity (Wildman–Crippen MR) is 77.1 cm³/mol. The van der Waals surface area contributed by atoms with Crippen molar-refractivity contribution in [3.05, 3.63) is 12.0 Å². The van der Waals surface area contributed by atoms with Gasteiger partial charge in [0, 0.05) is 32.7 Å². The van der Waals surface area contributed by atoms with E-state index in [9.17, 15) is 8.42 Å². The van der Waals surface area contributed by atoms with E-state index in [1.165, 1.54) is 10.6 Å². The van der Waals surface area contributed by atoms with Gasteiger partial charge in [-0.2, -0.15) is 9.29 Å². The summed E-state index contributed by atoms with van der Waals surface area (Å²) in [5.41, 5.74) is 0.874. The van der Waals surface area contributed by atoms with Gasteiger partial charge in [0.15, 0.2) is 0 Å². The molecule has 0 unspecified atom stereocenters. The Hall–Kier alpha value is -1.12. The molecule has 20 heavy (non-hydrogen) atoms. The van der Waals surface area contributed by atoms with E-state index < -0.39 is 10.0 Å². The van der Waals surface area contributed by atoms with Crippen LogP contribution in [0.5, 0.6) is 0 Å². The van der Waals surface area contributed by atoms with Crippen LogP contribution in [0.4, 0.5) is 6.01 Å². The summed E-state index contributed by atoms with van der Waals surface area (Å²) in [5, 5.41) is 3.27. The first kappa shape index (κ1) is 15.3. The summed E-state index contributed by atoms with van der Waals surface area (Å²) < 4.78 is 29.8. The monoisotopic (exact) mass is 302 g/mol. The maximum atomic E-state index is 11.4. The highest BCUT2D eigenvalue weighted by Crippen LogP contribution is 2.16. The Labute approximate surface area is 120 Å². The van der Waals surface area contributed by atoms with Crippen molar-refractivity contribution in [2.45, 2.75) is 19.9 Å². The van der Waals surface area contributed by atoms with Crippen LogP contribution in [0.15, 0.2) is 10.7 Å². The summed E-state index contributed by atoms with van der Waals surface area (Å²) in [7, 11) is -3.10. The van der Waals surface area contributed by atoms with Gasteiger partial charge >= 0.3 is 0 Å². The van der Waals surface area contributed by atoms with Crippen molar-refractivity contribution in [2.75, 3.05) is 43.9 Å². The first-order valence-electron chi connectivity index (χ1n) is 6.86. The second kappa shape index (κ2) is 6.55. The molecule has 1 N–H and O–H groups in total. The molecule has 2 rings (SSSR count). The fourth-order valence-electron chi connectivity index (χ4n) is 2.13. The highest BCUT2D eigenvalue weighted by atomic mass is 32.2. The molecular weight excluding hydrogens is 280 g/mol. The predicted octanol–water partition coefficient (Wildman–Crippen LogP) is 0.256. The fraction of sp³-hybridized carbons (Fsp3) is 0.750. The smallest absolute Gasteiger partial charge is 0.297 e. The van der Waals surface area contributed by atoms with E-state index >= 15 is 0 Å². The van der Waals surface area contributed by atoms with Crippen LogP contribution in [0.25, 0.3) is 0 Å². The highest BCUT2D eigenvalue weighted by molar-refractivity contribution is 7.88. The van der Waals surface area contributed by atoms with Gasteiger partial charge in [0.1, 0.15) is 6.26 Å². The number of nitrogens with one attached hydrogen (secondary N) is 1. The van der Waals surface area contributed by atoms with Crippen LogP contribution in [-0.4, -0.2) is 56.7 Å². The second-order valence-electron chi connectivity index (χ2n) is 4.95. The van der Waals surface area contributed by atoms with Crippen molar-refractivity contribution in [3.63, 3.8) is 0 Å². The lowest BCUT2D eigenvalue weighted by Gasteiger charge is -2.32. The number of anilines is 1. The summed E-state index contributed by atoms with van der Waals surface area (Å²) in [6.07, 6.45) is 3.98. The largest absolute Gasteiger partial charge is 0.432 e. The van der Waals surface area contributed by atoms with Crippen molar-refractivity contribution in [3.8, 4) is 0 Å². The first-order valence-corrected chi connectivity index (χ1v) is 8.70. The molecule has 8 heteroatoms. The van der Waals surface area contributed by atoms with Crippen LogP contribution >= 0.6 is 0 Å². The first-order chi connectivity index (χ1) is 9.50. The summed E-state index contributed by atoms with van der Waals surface area (Å²) in [6, 6.07) is 0.575. The van der Waals surface area contributed by atoms with Crippen LogP contribution < -0.4 is 10.2 Å². The van der Waals surface area contributed by atoms with E-state index in [2.05, 4.69) is 17.2 Å². The molecule has 1 fully saturated rings. The summed E-state index contributed by atoms with van der Waals surface area (Å²) in [4.78, 5) is 6.40. The van der Waals surface area contributed by atoms with Gasteiger partial charge in [-0.25, -0.2) is 8.42 Å². The molecule has 0 aliphatic carbocycles. The lowest BCUT2D eigenvalue weighted by atomic mass is 10.4. The molecule has 2 heterocycles. The lowest BCUT2D eigenvalue weighted by Crippen LogP contribution is -2.48. The zero-order chi connectivity index (χ0) is 14.6. The van der Waals surface area contributed by atoms with Gasteiger partial charge in [-0.05, 0) is 13.0 Å². The number of hydrogen-bond donors (Lipinski definition) is 1. The fourth-order valence-corrected chi connectivity index (χ4v) is 2.95. The summed E-state index contributed by atoms with van der Waals surface area (Å²) >= 11 is 0. The number of rotatable bonds is 6. The lowest BCUT2D eigenvalue weighted by molar-refractivity contribution is 0.374. The van der Waals surface area contributed by atoms with Gasteiger partial charge in [-0.1, -0.05) is 6.92 Å². The van der Waals surface area contributed by atoms with Gasteiger partial charge in [0.2, 0.25) is 10.0 Å². The number of sulfonamides is 1. The van der Waals surface area contributed by atoms with Crippen LogP contribution in [-0.2, 0) is 16.6 Å². The quantitative estimate of drug-likeness (QED) is 0.759. The molecule has 114 valence electrons. The van der Waals surface area contributed by atoms with E-state index in [1.807, 2.05) is 4.90 Å². The Morgan fingerprint density at radius 2 is 2.05 bits per heavy atom. The molecule has 1 aliphatic rings. The molecule has 0 amide bonds. The van der Waals surface area contributed by atoms with Crippen LogP contribution in [0.2, 0.25) is 0 Å². The van der Waals surface area contributed by atoms with Gasteiger partial charge in [-0.3, -0.25) is 0 Å².